The predicted molar refractivity (Wildman–Crippen MR) is 112 cm³/mol. The van der Waals surface area contributed by atoms with Crippen molar-refractivity contribution in [2.45, 2.75) is 25.3 Å². The number of benzene rings is 1. The van der Waals surface area contributed by atoms with Crippen molar-refractivity contribution < 1.29 is 9.21 Å². The fourth-order valence-corrected chi connectivity index (χ4v) is 4.41. The molecule has 4 heterocycles. The fourth-order valence-electron chi connectivity index (χ4n) is 3.77. The standard InChI is InChI=1S/C21H19N5O3S/c27-18(12-26-13-22-16-7-2-1-6-15(16)21(26)28)25-9-3-5-14(11-25)19-23-24-20(29-19)17-8-4-10-30-17/h1-2,4,6-8,10,13-14H,3,5,9,11-12H2. The molecule has 0 saturated carbocycles. The largest absolute Gasteiger partial charge is 0.420 e. The second-order valence-corrected chi connectivity index (χ2v) is 8.24. The number of para-hydroxylation sites is 1. The summed E-state index contributed by atoms with van der Waals surface area (Å²) in [5, 5.41) is 10.8. The van der Waals surface area contributed by atoms with Crippen molar-refractivity contribution in [2.24, 2.45) is 0 Å². The van der Waals surface area contributed by atoms with Crippen LogP contribution in [0, 0.1) is 0 Å². The number of thiophene rings is 1. The molecule has 30 heavy (non-hydrogen) atoms. The van der Waals surface area contributed by atoms with Gasteiger partial charge in [-0.15, -0.1) is 21.5 Å². The molecule has 4 aromatic rings. The van der Waals surface area contributed by atoms with Crippen LogP contribution in [0.4, 0.5) is 0 Å². The SMILES string of the molecule is O=C(Cn1cnc2ccccc2c1=O)N1CCCC(c2nnc(-c3cccs3)o2)C1. The summed E-state index contributed by atoms with van der Waals surface area (Å²) in [4.78, 5) is 32.6. The molecular weight excluding hydrogens is 402 g/mol. The number of amides is 1. The minimum absolute atomic E-state index is 0.00429. The molecule has 1 fully saturated rings. The number of hydrogen-bond donors (Lipinski definition) is 0. The monoisotopic (exact) mass is 421 g/mol. The first kappa shape index (κ1) is 18.7. The van der Waals surface area contributed by atoms with Crippen molar-refractivity contribution in [3.05, 3.63) is 64.4 Å². The van der Waals surface area contributed by atoms with Crippen molar-refractivity contribution in [3.8, 4) is 10.8 Å². The number of aromatic nitrogens is 4. The first-order valence-electron chi connectivity index (χ1n) is 9.78. The molecule has 0 bridgehead atoms. The maximum absolute atomic E-state index is 12.9. The Labute approximate surface area is 175 Å². The van der Waals surface area contributed by atoms with Gasteiger partial charge in [0.15, 0.2) is 0 Å². The normalized spacial score (nSPS) is 16.8. The molecule has 8 nitrogen and oxygen atoms in total. The second-order valence-electron chi connectivity index (χ2n) is 7.30. The Morgan fingerprint density at radius 3 is 2.97 bits per heavy atom. The van der Waals surface area contributed by atoms with Crippen LogP contribution < -0.4 is 5.56 Å². The van der Waals surface area contributed by atoms with E-state index in [1.165, 1.54) is 10.9 Å². The van der Waals surface area contributed by atoms with E-state index in [4.69, 9.17) is 4.42 Å². The van der Waals surface area contributed by atoms with E-state index < -0.39 is 0 Å². The molecule has 1 atom stereocenters. The summed E-state index contributed by atoms with van der Waals surface area (Å²) in [5.74, 6) is 0.949. The zero-order valence-corrected chi connectivity index (χ0v) is 16.9. The summed E-state index contributed by atoms with van der Waals surface area (Å²) in [6, 6.07) is 11.0. The Kier molecular flexibility index (Phi) is 4.88. The van der Waals surface area contributed by atoms with Gasteiger partial charge in [-0.2, -0.15) is 0 Å². The Bertz CT molecular complexity index is 1250. The van der Waals surface area contributed by atoms with Crippen LogP contribution >= 0.6 is 11.3 Å². The molecule has 152 valence electrons. The highest BCUT2D eigenvalue weighted by Crippen LogP contribution is 2.30. The van der Waals surface area contributed by atoms with Crippen LogP contribution in [0.15, 0.2) is 57.3 Å². The van der Waals surface area contributed by atoms with Gasteiger partial charge in [0, 0.05) is 13.1 Å². The van der Waals surface area contributed by atoms with E-state index in [0.29, 0.717) is 35.8 Å². The van der Waals surface area contributed by atoms with Gasteiger partial charge in [0.05, 0.1) is 28.0 Å². The van der Waals surface area contributed by atoms with E-state index in [2.05, 4.69) is 15.2 Å². The third-order valence-corrected chi connectivity index (χ3v) is 6.19. The molecular formula is C21H19N5O3S. The summed E-state index contributed by atoms with van der Waals surface area (Å²) < 4.78 is 7.24. The van der Waals surface area contributed by atoms with Crippen LogP contribution in [0.3, 0.4) is 0 Å². The van der Waals surface area contributed by atoms with E-state index in [1.54, 1.807) is 34.4 Å². The lowest BCUT2D eigenvalue weighted by molar-refractivity contribution is -0.133. The summed E-state index contributed by atoms with van der Waals surface area (Å²) in [6.45, 7) is 1.12. The lowest BCUT2D eigenvalue weighted by Crippen LogP contribution is -2.42. The molecule has 0 spiro atoms. The van der Waals surface area contributed by atoms with Crippen molar-refractivity contribution in [1.82, 2.24) is 24.6 Å². The zero-order valence-electron chi connectivity index (χ0n) is 16.1. The van der Waals surface area contributed by atoms with E-state index in [-0.39, 0.29) is 23.9 Å². The minimum atomic E-state index is -0.208. The molecule has 1 aliphatic heterocycles. The smallest absolute Gasteiger partial charge is 0.261 e. The Balaban J connectivity index is 1.31. The molecule has 1 aliphatic rings. The van der Waals surface area contributed by atoms with Gasteiger partial charge in [0.2, 0.25) is 11.8 Å². The van der Waals surface area contributed by atoms with Gasteiger partial charge in [0.1, 0.15) is 6.54 Å². The van der Waals surface area contributed by atoms with Gasteiger partial charge in [-0.3, -0.25) is 14.2 Å². The fraction of sp³-hybridized carbons (Fsp3) is 0.286. The van der Waals surface area contributed by atoms with Gasteiger partial charge < -0.3 is 9.32 Å². The summed E-state index contributed by atoms with van der Waals surface area (Å²) in [6.07, 6.45) is 3.17. The van der Waals surface area contributed by atoms with Crippen LogP contribution in [0.2, 0.25) is 0 Å². The molecule has 1 amide bonds. The van der Waals surface area contributed by atoms with Crippen LogP contribution in [-0.4, -0.2) is 43.6 Å². The lowest BCUT2D eigenvalue weighted by Gasteiger charge is -2.31. The number of nitrogens with zero attached hydrogens (tertiary/aromatic N) is 5. The van der Waals surface area contributed by atoms with E-state index in [0.717, 1.165) is 17.7 Å². The third kappa shape index (κ3) is 3.52. The number of piperidine rings is 1. The van der Waals surface area contributed by atoms with E-state index in [1.807, 2.05) is 23.6 Å². The van der Waals surface area contributed by atoms with Crippen molar-refractivity contribution in [2.75, 3.05) is 13.1 Å². The molecule has 1 saturated heterocycles. The van der Waals surface area contributed by atoms with Crippen LogP contribution in [0.1, 0.15) is 24.7 Å². The molecule has 3 aromatic heterocycles. The van der Waals surface area contributed by atoms with E-state index in [9.17, 15) is 9.59 Å². The maximum atomic E-state index is 12.9. The minimum Gasteiger partial charge on any atom is -0.420 e. The number of carbonyl (C=O) groups excluding carboxylic acids is 1. The Morgan fingerprint density at radius 1 is 1.20 bits per heavy atom. The lowest BCUT2D eigenvalue weighted by atomic mass is 9.98. The van der Waals surface area contributed by atoms with Gasteiger partial charge in [-0.25, -0.2) is 4.98 Å². The second kappa shape index (κ2) is 7.83. The molecule has 0 radical (unpaired) electrons. The van der Waals surface area contributed by atoms with Gasteiger partial charge in [-0.05, 0) is 36.4 Å². The highest BCUT2D eigenvalue weighted by Gasteiger charge is 2.29. The van der Waals surface area contributed by atoms with Gasteiger partial charge >= 0.3 is 0 Å². The van der Waals surface area contributed by atoms with Crippen molar-refractivity contribution in [3.63, 3.8) is 0 Å². The maximum Gasteiger partial charge on any atom is 0.261 e. The number of rotatable bonds is 4. The van der Waals surface area contributed by atoms with E-state index >= 15 is 0 Å². The molecule has 5 rings (SSSR count). The summed E-state index contributed by atoms with van der Waals surface area (Å²) >= 11 is 1.55. The van der Waals surface area contributed by atoms with Crippen LogP contribution in [0.25, 0.3) is 21.7 Å². The molecule has 0 aliphatic carbocycles. The van der Waals surface area contributed by atoms with Crippen molar-refractivity contribution in [1.29, 1.82) is 0 Å². The molecule has 9 heteroatoms. The summed E-state index contributed by atoms with van der Waals surface area (Å²) in [5.41, 5.74) is 0.419. The summed E-state index contributed by atoms with van der Waals surface area (Å²) in [7, 11) is 0. The molecule has 1 aromatic carbocycles. The highest BCUT2D eigenvalue weighted by molar-refractivity contribution is 7.13. The number of carbonyl (C=O) groups is 1. The molecule has 1 unspecified atom stereocenters. The number of likely N-dealkylation sites (tertiary alicyclic amines) is 1. The van der Waals surface area contributed by atoms with Crippen LogP contribution in [-0.2, 0) is 11.3 Å². The number of fused-ring (bicyclic) bond motifs is 1. The van der Waals surface area contributed by atoms with Gasteiger partial charge in [-0.1, -0.05) is 18.2 Å². The third-order valence-electron chi connectivity index (χ3n) is 5.33. The predicted octanol–water partition coefficient (Wildman–Crippen LogP) is 2.91. The average molecular weight is 421 g/mol. The highest BCUT2D eigenvalue weighted by atomic mass is 32.1. The molecule has 0 N–H and O–H groups in total. The Morgan fingerprint density at radius 2 is 2.10 bits per heavy atom. The first-order valence-corrected chi connectivity index (χ1v) is 10.7. The Hall–Kier alpha value is -3.33. The van der Waals surface area contributed by atoms with Crippen LogP contribution in [0.5, 0.6) is 0 Å². The van der Waals surface area contributed by atoms with Gasteiger partial charge in [0.25, 0.3) is 11.4 Å². The quantitative estimate of drug-likeness (QED) is 0.503. The zero-order chi connectivity index (χ0) is 20.5. The first-order chi connectivity index (χ1) is 14.7. The topological polar surface area (TPSA) is 94.1 Å². The van der Waals surface area contributed by atoms with Crippen molar-refractivity contribution >= 4 is 28.1 Å². The average Bonchev–Trinajstić information content (AvgIpc) is 3.48. The number of hydrogen-bond acceptors (Lipinski definition) is 7.